The molecule has 28 heavy (non-hydrogen) atoms. The largest absolute Gasteiger partial charge is 0.314 e. The molecule has 0 saturated carbocycles. The van der Waals surface area contributed by atoms with E-state index in [1.165, 1.54) is 43.9 Å². The van der Waals surface area contributed by atoms with E-state index in [-0.39, 0.29) is 12.4 Å². The van der Waals surface area contributed by atoms with Crippen molar-refractivity contribution in [3.63, 3.8) is 0 Å². The Hall–Kier alpha value is -1.92. The Morgan fingerprint density at radius 1 is 0.964 bits per heavy atom. The number of likely N-dealkylation sites (tertiary alicyclic amines) is 1. The second kappa shape index (κ2) is 8.62. The van der Waals surface area contributed by atoms with Gasteiger partial charge in [0.15, 0.2) is 0 Å². The van der Waals surface area contributed by atoms with E-state index in [1.54, 1.807) is 0 Å². The standard InChI is InChI=1S/C22H27N5.ClH/c1-2-4-22-21(3-1)24-17-27(22)19-7-5-18(6-8-19)15-25-12-9-20(16-25)26-13-10-23-11-14-26;/h1-8,17,20,23H,9-16H2;1H. The molecule has 5 rings (SSSR count). The molecule has 5 nitrogen and oxygen atoms in total. The summed E-state index contributed by atoms with van der Waals surface area (Å²) in [5, 5.41) is 3.46. The van der Waals surface area contributed by atoms with Crippen molar-refractivity contribution < 1.29 is 0 Å². The number of fused-ring (bicyclic) bond motifs is 1. The fraction of sp³-hybridized carbons (Fsp3) is 0.409. The molecule has 2 saturated heterocycles. The van der Waals surface area contributed by atoms with E-state index in [4.69, 9.17) is 0 Å². The summed E-state index contributed by atoms with van der Waals surface area (Å²) < 4.78 is 2.16. The zero-order valence-corrected chi connectivity index (χ0v) is 16.9. The first-order chi connectivity index (χ1) is 13.4. The minimum absolute atomic E-state index is 0. The molecule has 0 aliphatic carbocycles. The van der Waals surface area contributed by atoms with E-state index in [2.05, 4.69) is 67.1 Å². The average molecular weight is 398 g/mol. The van der Waals surface area contributed by atoms with Crippen molar-refractivity contribution in [3.8, 4) is 5.69 Å². The lowest BCUT2D eigenvalue weighted by Gasteiger charge is -2.32. The molecule has 6 heteroatoms. The van der Waals surface area contributed by atoms with Crippen molar-refractivity contribution >= 4 is 23.4 Å². The van der Waals surface area contributed by atoms with E-state index in [0.717, 1.165) is 36.7 Å². The molecule has 148 valence electrons. The van der Waals surface area contributed by atoms with Gasteiger partial charge in [0.1, 0.15) is 6.33 Å². The van der Waals surface area contributed by atoms with Crippen molar-refractivity contribution in [2.24, 2.45) is 0 Å². The lowest BCUT2D eigenvalue weighted by molar-refractivity contribution is 0.170. The van der Waals surface area contributed by atoms with Crippen LogP contribution in [0.15, 0.2) is 54.9 Å². The highest BCUT2D eigenvalue weighted by atomic mass is 35.5. The van der Waals surface area contributed by atoms with Gasteiger partial charge in [0, 0.05) is 57.5 Å². The first-order valence-electron chi connectivity index (χ1n) is 10.1. The van der Waals surface area contributed by atoms with Gasteiger partial charge in [-0.25, -0.2) is 4.98 Å². The van der Waals surface area contributed by atoms with Crippen LogP contribution < -0.4 is 5.32 Å². The van der Waals surface area contributed by atoms with Crippen molar-refractivity contribution in [1.82, 2.24) is 24.7 Å². The molecule has 0 bridgehead atoms. The van der Waals surface area contributed by atoms with Crippen molar-refractivity contribution in [2.75, 3.05) is 39.3 Å². The van der Waals surface area contributed by atoms with E-state index in [1.807, 2.05) is 12.4 Å². The van der Waals surface area contributed by atoms with Crippen molar-refractivity contribution in [2.45, 2.75) is 19.0 Å². The highest BCUT2D eigenvalue weighted by Gasteiger charge is 2.28. The fourth-order valence-corrected chi connectivity index (χ4v) is 4.49. The molecule has 0 spiro atoms. The number of para-hydroxylation sites is 2. The lowest BCUT2D eigenvalue weighted by Crippen LogP contribution is -2.49. The van der Waals surface area contributed by atoms with Crippen LogP contribution in [0.25, 0.3) is 16.7 Å². The van der Waals surface area contributed by atoms with Crippen molar-refractivity contribution in [3.05, 3.63) is 60.4 Å². The summed E-state index contributed by atoms with van der Waals surface area (Å²) in [7, 11) is 0. The SMILES string of the molecule is Cl.c1ccc2c(c1)ncn2-c1ccc(CN2CCC(N3CCNCC3)C2)cc1. The monoisotopic (exact) mass is 397 g/mol. The van der Waals surface area contributed by atoms with Crippen LogP contribution in [-0.4, -0.2) is 64.7 Å². The lowest BCUT2D eigenvalue weighted by atomic mass is 10.2. The van der Waals surface area contributed by atoms with Crippen LogP contribution in [0.4, 0.5) is 0 Å². The van der Waals surface area contributed by atoms with E-state index >= 15 is 0 Å². The Kier molecular flexibility index (Phi) is 5.97. The highest BCUT2D eigenvalue weighted by Crippen LogP contribution is 2.21. The maximum Gasteiger partial charge on any atom is 0.100 e. The van der Waals surface area contributed by atoms with Crippen LogP contribution in [0.2, 0.25) is 0 Å². The van der Waals surface area contributed by atoms with Crippen molar-refractivity contribution in [1.29, 1.82) is 0 Å². The molecular formula is C22H28ClN5. The first kappa shape index (κ1) is 19.4. The molecule has 2 aromatic carbocycles. The topological polar surface area (TPSA) is 36.3 Å². The third kappa shape index (κ3) is 3.94. The molecule has 0 amide bonds. The molecular weight excluding hydrogens is 370 g/mol. The molecule has 1 atom stereocenters. The van der Waals surface area contributed by atoms with E-state index < -0.39 is 0 Å². The summed E-state index contributed by atoms with van der Waals surface area (Å²) in [6.07, 6.45) is 3.22. The Bertz CT molecular complexity index is 901. The maximum absolute atomic E-state index is 4.50. The van der Waals surface area contributed by atoms with E-state index in [0.29, 0.717) is 0 Å². The third-order valence-corrected chi connectivity index (χ3v) is 5.99. The molecule has 2 aliphatic rings. The normalized spacial score (nSPS) is 21.1. The second-order valence-electron chi connectivity index (χ2n) is 7.73. The first-order valence-corrected chi connectivity index (χ1v) is 10.1. The summed E-state index contributed by atoms with van der Waals surface area (Å²) >= 11 is 0. The average Bonchev–Trinajstić information content (AvgIpc) is 3.37. The van der Waals surface area contributed by atoms with Crippen LogP contribution in [-0.2, 0) is 6.54 Å². The maximum atomic E-state index is 4.50. The van der Waals surface area contributed by atoms with Crippen LogP contribution in [0.5, 0.6) is 0 Å². The number of hydrogen-bond acceptors (Lipinski definition) is 4. The second-order valence-corrected chi connectivity index (χ2v) is 7.73. The van der Waals surface area contributed by atoms with Crippen LogP contribution in [0.3, 0.4) is 0 Å². The van der Waals surface area contributed by atoms with Gasteiger partial charge in [-0.1, -0.05) is 24.3 Å². The summed E-state index contributed by atoms with van der Waals surface area (Å²) in [6, 6.07) is 18.0. The number of nitrogens with zero attached hydrogens (tertiary/aromatic N) is 4. The zero-order chi connectivity index (χ0) is 18.1. The van der Waals surface area contributed by atoms with Gasteiger partial charge in [-0.3, -0.25) is 14.4 Å². The van der Waals surface area contributed by atoms with Crippen LogP contribution in [0, 0.1) is 0 Å². The zero-order valence-electron chi connectivity index (χ0n) is 16.1. The van der Waals surface area contributed by atoms with Gasteiger partial charge in [-0.05, 0) is 36.2 Å². The summed E-state index contributed by atoms with van der Waals surface area (Å²) in [5.41, 5.74) is 4.76. The highest BCUT2D eigenvalue weighted by molar-refractivity contribution is 5.85. The van der Waals surface area contributed by atoms with Gasteiger partial charge in [0.05, 0.1) is 11.0 Å². The quantitative estimate of drug-likeness (QED) is 0.734. The Labute approximate surface area is 172 Å². The minimum Gasteiger partial charge on any atom is -0.314 e. The summed E-state index contributed by atoms with van der Waals surface area (Å²) in [5.74, 6) is 0. The number of imidazole rings is 1. The molecule has 0 radical (unpaired) electrons. The predicted molar refractivity (Wildman–Crippen MR) is 116 cm³/mol. The van der Waals surface area contributed by atoms with Gasteiger partial charge in [0.2, 0.25) is 0 Å². The number of benzene rings is 2. The molecule has 2 aliphatic heterocycles. The predicted octanol–water partition coefficient (Wildman–Crippen LogP) is 2.93. The Morgan fingerprint density at radius 2 is 1.75 bits per heavy atom. The summed E-state index contributed by atoms with van der Waals surface area (Å²) in [6.45, 7) is 8.14. The molecule has 2 fully saturated rings. The number of aromatic nitrogens is 2. The smallest absolute Gasteiger partial charge is 0.100 e. The number of piperazine rings is 1. The number of nitrogens with one attached hydrogen (secondary N) is 1. The van der Waals surface area contributed by atoms with E-state index in [9.17, 15) is 0 Å². The summed E-state index contributed by atoms with van der Waals surface area (Å²) in [4.78, 5) is 9.77. The number of hydrogen-bond donors (Lipinski definition) is 1. The Balaban J connectivity index is 0.00000192. The van der Waals surface area contributed by atoms with Gasteiger partial charge in [-0.15, -0.1) is 12.4 Å². The molecule has 3 heterocycles. The fourth-order valence-electron chi connectivity index (χ4n) is 4.49. The van der Waals surface area contributed by atoms with Gasteiger partial charge in [-0.2, -0.15) is 0 Å². The number of rotatable bonds is 4. The van der Waals surface area contributed by atoms with Gasteiger partial charge < -0.3 is 5.32 Å². The molecule has 1 unspecified atom stereocenters. The van der Waals surface area contributed by atoms with Crippen LogP contribution in [0.1, 0.15) is 12.0 Å². The van der Waals surface area contributed by atoms with Crippen LogP contribution >= 0.6 is 12.4 Å². The molecule has 1 N–H and O–H groups in total. The Morgan fingerprint density at radius 3 is 2.57 bits per heavy atom. The minimum atomic E-state index is 0. The third-order valence-electron chi connectivity index (χ3n) is 5.99. The molecule has 3 aromatic rings. The number of halogens is 1. The van der Waals surface area contributed by atoms with Gasteiger partial charge >= 0.3 is 0 Å². The molecule has 1 aromatic heterocycles. The van der Waals surface area contributed by atoms with Gasteiger partial charge in [0.25, 0.3) is 0 Å².